The van der Waals surface area contributed by atoms with Gasteiger partial charge in [-0.15, -0.1) is 0 Å². The van der Waals surface area contributed by atoms with Crippen LogP contribution in [0.3, 0.4) is 0 Å². The molecule has 158 valence electrons. The average molecular weight is 426 g/mol. The molecule has 1 atom stereocenters. The van der Waals surface area contributed by atoms with E-state index in [9.17, 15) is 8.42 Å². The summed E-state index contributed by atoms with van der Waals surface area (Å²) in [4.78, 5) is 4.49. The predicted octanol–water partition coefficient (Wildman–Crippen LogP) is 4.79. The number of hydrogen-bond acceptors (Lipinski definition) is 5. The molecule has 0 aliphatic rings. The average Bonchev–Trinajstić information content (AvgIpc) is 2.75. The van der Waals surface area contributed by atoms with E-state index in [1.165, 1.54) is 10.5 Å². The smallest absolute Gasteiger partial charge is 0.265 e. The third-order valence-corrected chi connectivity index (χ3v) is 6.76. The van der Waals surface area contributed by atoms with Gasteiger partial charge < -0.3 is 10.1 Å². The highest BCUT2D eigenvalue weighted by molar-refractivity contribution is 7.92. The normalized spacial score (nSPS) is 12.3. The standard InChI is InChI=1S/C23H27N3O3S/c1-5-26(19-9-7-6-8-10-19)30(27,28)20-12-14-23(24-16-20)25-18(3)21-15-17(2)11-13-22(21)29-4/h6-16,18H,5H2,1-4H3,(H,24,25)/t18-/m0/s1. The molecule has 1 heterocycles. The summed E-state index contributed by atoms with van der Waals surface area (Å²) in [5, 5.41) is 3.31. The van der Waals surface area contributed by atoms with E-state index in [0.717, 1.165) is 16.9 Å². The van der Waals surface area contributed by atoms with Crippen molar-refractivity contribution in [3.63, 3.8) is 0 Å². The van der Waals surface area contributed by atoms with Gasteiger partial charge in [-0.05, 0) is 51.1 Å². The first-order valence-corrected chi connectivity index (χ1v) is 11.3. The second-order valence-electron chi connectivity index (χ2n) is 7.00. The number of rotatable bonds is 8. The fraction of sp³-hybridized carbons (Fsp3) is 0.261. The van der Waals surface area contributed by atoms with E-state index in [1.807, 2.05) is 51.1 Å². The van der Waals surface area contributed by atoms with Crippen LogP contribution in [-0.4, -0.2) is 27.1 Å². The van der Waals surface area contributed by atoms with Crippen molar-refractivity contribution in [2.45, 2.75) is 31.7 Å². The molecule has 1 N–H and O–H groups in total. The first-order chi connectivity index (χ1) is 14.4. The number of methoxy groups -OCH3 is 1. The highest BCUT2D eigenvalue weighted by atomic mass is 32.2. The van der Waals surface area contributed by atoms with Crippen molar-refractivity contribution in [3.05, 3.63) is 78.0 Å². The number of ether oxygens (including phenoxy) is 1. The van der Waals surface area contributed by atoms with Gasteiger partial charge in [0, 0.05) is 18.3 Å². The van der Waals surface area contributed by atoms with Crippen molar-refractivity contribution in [3.8, 4) is 5.75 Å². The third-order valence-electron chi connectivity index (χ3n) is 4.87. The van der Waals surface area contributed by atoms with Crippen molar-refractivity contribution in [1.29, 1.82) is 0 Å². The summed E-state index contributed by atoms with van der Waals surface area (Å²) in [5.74, 6) is 1.38. The summed E-state index contributed by atoms with van der Waals surface area (Å²) < 4.78 is 33.0. The minimum Gasteiger partial charge on any atom is -0.496 e. The largest absolute Gasteiger partial charge is 0.496 e. The minimum atomic E-state index is -3.69. The monoisotopic (exact) mass is 425 g/mol. The fourth-order valence-electron chi connectivity index (χ4n) is 3.32. The molecule has 30 heavy (non-hydrogen) atoms. The molecule has 0 spiro atoms. The van der Waals surface area contributed by atoms with Crippen LogP contribution >= 0.6 is 0 Å². The molecule has 0 saturated heterocycles. The number of nitrogens with one attached hydrogen (secondary N) is 1. The van der Waals surface area contributed by atoms with Crippen molar-refractivity contribution >= 4 is 21.5 Å². The van der Waals surface area contributed by atoms with Crippen LogP contribution in [0.5, 0.6) is 5.75 Å². The Labute approximate surface area is 178 Å². The number of nitrogens with zero attached hydrogens (tertiary/aromatic N) is 2. The van der Waals surface area contributed by atoms with E-state index in [4.69, 9.17) is 4.74 Å². The summed E-state index contributed by atoms with van der Waals surface area (Å²) in [6, 6.07) is 18.3. The number of hydrogen-bond donors (Lipinski definition) is 1. The van der Waals surface area contributed by atoms with Crippen molar-refractivity contribution in [2.24, 2.45) is 0 Å². The molecule has 0 amide bonds. The number of pyridine rings is 1. The zero-order valence-electron chi connectivity index (χ0n) is 17.7. The number of benzene rings is 2. The van der Waals surface area contributed by atoms with E-state index in [-0.39, 0.29) is 10.9 Å². The molecule has 2 aromatic carbocycles. The SMILES string of the molecule is CCN(c1ccccc1)S(=O)(=O)c1ccc(N[C@@H](C)c2cc(C)ccc2OC)nc1. The summed E-state index contributed by atoms with van der Waals surface area (Å²) in [5.41, 5.74) is 2.77. The maximum Gasteiger partial charge on any atom is 0.265 e. The molecule has 3 aromatic rings. The van der Waals surface area contributed by atoms with Crippen LogP contribution < -0.4 is 14.4 Å². The van der Waals surface area contributed by atoms with Gasteiger partial charge in [-0.3, -0.25) is 4.31 Å². The number of aryl methyl sites for hydroxylation is 1. The lowest BCUT2D eigenvalue weighted by molar-refractivity contribution is 0.408. The maximum absolute atomic E-state index is 13.1. The van der Waals surface area contributed by atoms with Gasteiger partial charge in [0.25, 0.3) is 10.0 Å². The third kappa shape index (κ3) is 4.57. The number of aromatic nitrogens is 1. The fourth-order valence-corrected chi connectivity index (χ4v) is 4.74. The molecule has 1 aromatic heterocycles. The van der Waals surface area contributed by atoms with Gasteiger partial charge in [0.2, 0.25) is 0 Å². The van der Waals surface area contributed by atoms with Gasteiger partial charge in [0.1, 0.15) is 16.5 Å². The van der Waals surface area contributed by atoms with Crippen molar-refractivity contribution in [2.75, 3.05) is 23.3 Å². The maximum atomic E-state index is 13.1. The Balaban J connectivity index is 1.82. The zero-order chi connectivity index (χ0) is 21.7. The van der Waals surface area contributed by atoms with Crippen LogP contribution in [0.15, 0.2) is 71.8 Å². The van der Waals surface area contributed by atoms with Crippen molar-refractivity contribution < 1.29 is 13.2 Å². The van der Waals surface area contributed by atoms with Gasteiger partial charge in [0.05, 0.1) is 18.8 Å². The molecule has 6 nitrogen and oxygen atoms in total. The Hall–Kier alpha value is -3.06. The minimum absolute atomic E-state index is 0.0636. The molecular formula is C23H27N3O3S. The van der Waals surface area contributed by atoms with E-state index < -0.39 is 10.0 Å². The lowest BCUT2D eigenvalue weighted by Crippen LogP contribution is -2.30. The van der Waals surface area contributed by atoms with Gasteiger partial charge in [0.15, 0.2) is 0 Å². The molecule has 0 bridgehead atoms. The molecule has 0 unspecified atom stereocenters. The molecule has 7 heteroatoms. The van der Waals surface area contributed by atoms with E-state index in [2.05, 4.69) is 16.4 Å². The summed E-state index contributed by atoms with van der Waals surface area (Å²) in [6.45, 7) is 6.18. The Kier molecular flexibility index (Phi) is 6.62. The Morgan fingerprint density at radius 1 is 1.10 bits per heavy atom. The van der Waals surface area contributed by atoms with E-state index >= 15 is 0 Å². The zero-order valence-corrected chi connectivity index (χ0v) is 18.5. The van der Waals surface area contributed by atoms with E-state index in [1.54, 1.807) is 31.4 Å². The first kappa shape index (κ1) is 21.6. The molecule has 0 aliphatic heterocycles. The second-order valence-corrected chi connectivity index (χ2v) is 8.86. The molecule has 0 radical (unpaired) electrons. The molecule has 3 rings (SSSR count). The Morgan fingerprint density at radius 3 is 2.43 bits per heavy atom. The predicted molar refractivity (Wildman–Crippen MR) is 121 cm³/mol. The van der Waals surface area contributed by atoms with Crippen LogP contribution in [0, 0.1) is 6.92 Å². The summed E-state index contributed by atoms with van der Waals surface area (Å²) in [7, 11) is -2.05. The van der Waals surface area contributed by atoms with Crippen LogP contribution in [0.2, 0.25) is 0 Å². The highest BCUT2D eigenvalue weighted by Gasteiger charge is 2.24. The molecular weight excluding hydrogens is 398 g/mol. The lowest BCUT2D eigenvalue weighted by Gasteiger charge is -2.23. The lowest BCUT2D eigenvalue weighted by atomic mass is 10.0. The number of para-hydroxylation sites is 1. The van der Waals surface area contributed by atoms with E-state index in [0.29, 0.717) is 18.1 Å². The number of anilines is 2. The van der Waals surface area contributed by atoms with Crippen LogP contribution in [0.1, 0.15) is 31.0 Å². The van der Waals surface area contributed by atoms with Gasteiger partial charge in [-0.1, -0.05) is 35.9 Å². The van der Waals surface area contributed by atoms with Gasteiger partial charge >= 0.3 is 0 Å². The van der Waals surface area contributed by atoms with Gasteiger partial charge in [-0.2, -0.15) is 0 Å². The number of sulfonamides is 1. The Bertz CT molecular complexity index is 1080. The van der Waals surface area contributed by atoms with Crippen LogP contribution in [0.4, 0.5) is 11.5 Å². The molecule has 0 fully saturated rings. The molecule has 0 saturated carbocycles. The van der Waals surface area contributed by atoms with Crippen LogP contribution in [-0.2, 0) is 10.0 Å². The highest BCUT2D eigenvalue weighted by Crippen LogP contribution is 2.29. The first-order valence-electron chi connectivity index (χ1n) is 9.81. The quantitative estimate of drug-likeness (QED) is 0.562. The summed E-state index contributed by atoms with van der Waals surface area (Å²) >= 11 is 0. The summed E-state index contributed by atoms with van der Waals surface area (Å²) in [6.07, 6.45) is 1.39. The van der Waals surface area contributed by atoms with Crippen molar-refractivity contribution in [1.82, 2.24) is 4.98 Å². The van der Waals surface area contributed by atoms with Crippen LogP contribution in [0.25, 0.3) is 0 Å². The Morgan fingerprint density at radius 2 is 1.83 bits per heavy atom. The second kappa shape index (κ2) is 9.17. The molecule has 0 aliphatic carbocycles. The van der Waals surface area contributed by atoms with Gasteiger partial charge in [-0.25, -0.2) is 13.4 Å². The topological polar surface area (TPSA) is 71.5 Å².